The van der Waals surface area contributed by atoms with Crippen LogP contribution in [0.5, 0.6) is 0 Å². The molecule has 0 spiro atoms. The molecule has 2 rings (SSSR count). The van der Waals surface area contributed by atoms with Crippen LogP contribution in [0.3, 0.4) is 0 Å². The van der Waals surface area contributed by atoms with Crippen LogP contribution in [0, 0.1) is 6.92 Å². The van der Waals surface area contributed by atoms with Crippen molar-refractivity contribution >= 4 is 11.6 Å². The second-order valence-electron chi connectivity index (χ2n) is 6.02. The van der Waals surface area contributed by atoms with Gasteiger partial charge in [0.25, 0.3) is 0 Å². The van der Waals surface area contributed by atoms with E-state index < -0.39 is 0 Å². The van der Waals surface area contributed by atoms with E-state index >= 15 is 0 Å². The van der Waals surface area contributed by atoms with E-state index in [1.54, 1.807) is 0 Å². The highest BCUT2D eigenvalue weighted by Crippen LogP contribution is 2.23. The zero-order valence-electron chi connectivity index (χ0n) is 12.2. The van der Waals surface area contributed by atoms with Crippen molar-refractivity contribution in [2.24, 2.45) is 5.73 Å². The molecule has 19 heavy (non-hydrogen) atoms. The Morgan fingerprint density at radius 3 is 2.53 bits per heavy atom. The number of nitrogens with zero attached hydrogens (tertiary/aromatic N) is 2. The summed E-state index contributed by atoms with van der Waals surface area (Å²) in [5.74, 6) is 2.52. The van der Waals surface area contributed by atoms with E-state index in [9.17, 15) is 0 Å². The number of rotatable bonds is 5. The van der Waals surface area contributed by atoms with Crippen LogP contribution < -0.4 is 16.4 Å². The van der Waals surface area contributed by atoms with Gasteiger partial charge in [-0.2, -0.15) is 0 Å². The lowest BCUT2D eigenvalue weighted by Gasteiger charge is -2.25. The summed E-state index contributed by atoms with van der Waals surface area (Å²) in [5.41, 5.74) is 5.58. The van der Waals surface area contributed by atoms with Gasteiger partial charge in [-0.1, -0.05) is 12.8 Å². The van der Waals surface area contributed by atoms with Gasteiger partial charge in [0.05, 0.1) is 0 Å². The molecule has 5 heteroatoms. The standard InChI is InChI=1S/C14H25N5/c1-10-16-12(18-11-6-4-5-7-11)8-13(17-10)19-14(2,3)9-15/h8,11H,4-7,9,15H2,1-3H3,(H2,16,17,18,19). The fourth-order valence-corrected chi connectivity index (χ4v) is 2.38. The van der Waals surface area contributed by atoms with E-state index in [1.165, 1.54) is 25.7 Å². The maximum atomic E-state index is 5.74. The molecule has 0 amide bonds. The van der Waals surface area contributed by atoms with E-state index in [4.69, 9.17) is 5.73 Å². The number of nitrogens with two attached hydrogens (primary N) is 1. The van der Waals surface area contributed by atoms with Crippen molar-refractivity contribution < 1.29 is 0 Å². The number of anilines is 2. The Morgan fingerprint density at radius 1 is 1.26 bits per heavy atom. The predicted octanol–water partition coefficient (Wildman–Crippen LogP) is 2.29. The van der Waals surface area contributed by atoms with Crippen LogP contribution in [0.1, 0.15) is 45.4 Å². The number of hydrogen-bond donors (Lipinski definition) is 3. The summed E-state index contributed by atoms with van der Waals surface area (Å²) in [4.78, 5) is 8.88. The zero-order chi connectivity index (χ0) is 13.9. The molecule has 0 aromatic carbocycles. The van der Waals surface area contributed by atoms with E-state index in [0.29, 0.717) is 12.6 Å². The molecular weight excluding hydrogens is 238 g/mol. The highest BCUT2D eigenvalue weighted by atomic mass is 15.1. The van der Waals surface area contributed by atoms with Crippen LogP contribution in [0.25, 0.3) is 0 Å². The van der Waals surface area contributed by atoms with Gasteiger partial charge in [0.2, 0.25) is 0 Å². The van der Waals surface area contributed by atoms with Crippen molar-refractivity contribution in [2.75, 3.05) is 17.2 Å². The van der Waals surface area contributed by atoms with Crippen molar-refractivity contribution in [1.82, 2.24) is 9.97 Å². The van der Waals surface area contributed by atoms with E-state index in [2.05, 4.69) is 34.4 Å². The Kier molecular flexibility index (Phi) is 4.24. The lowest BCUT2D eigenvalue weighted by Crippen LogP contribution is -2.39. The van der Waals surface area contributed by atoms with Crippen molar-refractivity contribution in [3.05, 3.63) is 11.9 Å². The highest BCUT2D eigenvalue weighted by Gasteiger charge is 2.18. The van der Waals surface area contributed by atoms with Gasteiger partial charge in [-0.15, -0.1) is 0 Å². The number of nitrogens with one attached hydrogen (secondary N) is 2. The first kappa shape index (κ1) is 14.1. The zero-order valence-corrected chi connectivity index (χ0v) is 12.2. The molecule has 4 N–H and O–H groups in total. The quantitative estimate of drug-likeness (QED) is 0.760. The summed E-state index contributed by atoms with van der Waals surface area (Å²) in [7, 11) is 0. The monoisotopic (exact) mass is 263 g/mol. The second-order valence-corrected chi connectivity index (χ2v) is 6.02. The fourth-order valence-electron chi connectivity index (χ4n) is 2.38. The minimum absolute atomic E-state index is 0.161. The molecule has 0 atom stereocenters. The third-order valence-corrected chi connectivity index (χ3v) is 3.52. The molecular formula is C14H25N5. The normalized spacial score (nSPS) is 16.6. The van der Waals surface area contributed by atoms with Crippen LogP contribution in [0.2, 0.25) is 0 Å². The van der Waals surface area contributed by atoms with Crippen molar-refractivity contribution in [3.8, 4) is 0 Å². The van der Waals surface area contributed by atoms with Crippen LogP contribution in [0.15, 0.2) is 6.07 Å². The largest absolute Gasteiger partial charge is 0.367 e. The first-order valence-electron chi connectivity index (χ1n) is 7.09. The molecule has 106 valence electrons. The molecule has 0 radical (unpaired) electrons. The first-order chi connectivity index (χ1) is 8.98. The third kappa shape index (κ3) is 4.06. The molecule has 1 saturated carbocycles. The molecule has 0 aliphatic heterocycles. The van der Waals surface area contributed by atoms with Gasteiger partial charge in [0, 0.05) is 24.2 Å². The Hall–Kier alpha value is -1.36. The van der Waals surface area contributed by atoms with Crippen molar-refractivity contribution in [2.45, 2.75) is 58.0 Å². The lowest BCUT2D eigenvalue weighted by molar-refractivity contribution is 0.577. The average molecular weight is 263 g/mol. The summed E-state index contributed by atoms with van der Waals surface area (Å²) in [6.45, 7) is 6.60. The van der Waals surface area contributed by atoms with Crippen molar-refractivity contribution in [3.63, 3.8) is 0 Å². The maximum Gasteiger partial charge on any atom is 0.132 e. The van der Waals surface area contributed by atoms with E-state index in [0.717, 1.165) is 17.5 Å². The topological polar surface area (TPSA) is 75.9 Å². The number of hydrogen-bond acceptors (Lipinski definition) is 5. The van der Waals surface area contributed by atoms with E-state index in [-0.39, 0.29) is 5.54 Å². The summed E-state index contributed by atoms with van der Waals surface area (Å²) in [5, 5.41) is 6.86. The molecule has 1 aromatic heterocycles. The molecule has 0 saturated heterocycles. The summed E-state index contributed by atoms with van der Waals surface area (Å²) in [6.07, 6.45) is 5.10. The van der Waals surface area contributed by atoms with Crippen LogP contribution in [-0.2, 0) is 0 Å². The SMILES string of the molecule is Cc1nc(NC2CCCC2)cc(NC(C)(C)CN)n1. The van der Waals surface area contributed by atoms with Gasteiger partial charge in [0.15, 0.2) is 0 Å². The molecule has 1 aromatic rings. The van der Waals surface area contributed by atoms with Crippen molar-refractivity contribution in [1.29, 1.82) is 0 Å². The summed E-state index contributed by atoms with van der Waals surface area (Å²) >= 11 is 0. The second kappa shape index (κ2) is 5.74. The van der Waals surface area contributed by atoms with Crippen LogP contribution >= 0.6 is 0 Å². The number of aromatic nitrogens is 2. The molecule has 1 aliphatic rings. The molecule has 1 fully saturated rings. The average Bonchev–Trinajstić information content (AvgIpc) is 2.80. The predicted molar refractivity (Wildman–Crippen MR) is 79.4 cm³/mol. The van der Waals surface area contributed by atoms with Gasteiger partial charge in [-0.25, -0.2) is 9.97 Å². The number of aryl methyl sites for hydroxylation is 1. The maximum absolute atomic E-state index is 5.74. The Morgan fingerprint density at radius 2 is 1.89 bits per heavy atom. The molecule has 0 unspecified atom stereocenters. The summed E-state index contributed by atoms with van der Waals surface area (Å²) in [6, 6.07) is 2.53. The van der Waals surface area contributed by atoms with Gasteiger partial charge in [-0.3, -0.25) is 0 Å². The minimum Gasteiger partial charge on any atom is -0.367 e. The Bertz CT molecular complexity index is 424. The highest BCUT2D eigenvalue weighted by molar-refractivity contribution is 5.49. The van der Waals surface area contributed by atoms with Crippen LogP contribution in [-0.4, -0.2) is 28.1 Å². The fraction of sp³-hybridized carbons (Fsp3) is 0.714. The van der Waals surface area contributed by atoms with Gasteiger partial charge < -0.3 is 16.4 Å². The minimum atomic E-state index is -0.161. The smallest absolute Gasteiger partial charge is 0.132 e. The molecule has 5 nitrogen and oxygen atoms in total. The van der Waals surface area contributed by atoms with E-state index in [1.807, 2.05) is 13.0 Å². The van der Waals surface area contributed by atoms with Gasteiger partial charge in [0.1, 0.15) is 17.5 Å². The van der Waals surface area contributed by atoms with Gasteiger partial charge >= 0.3 is 0 Å². The first-order valence-corrected chi connectivity index (χ1v) is 7.09. The van der Waals surface area contributed by atoms with Gasteiger partial charge in [-0.05, 0) is 33.6 Å². The molecule has 1 aliphatic carbocycles. The molecule has 0 bridgehead atoms. The summed E-state index contributed by atoms with van der Waals surface area (Å²) < 4.78 is 0. The molecule has 1 heterocycles. The Labute approximate surface area is 115 Å². The van der Waals surface area contributed by atoms with Crippen LogP contribution in [0.4, 0.5) is 11.6 Å². The third-order valence-electron chi connectivity index (χ3n) is 3.52. The Balaban J connectivity index is 2.10. The lowest BCUT2D eigenvalue weighted by atomic mass is 10.1.